The van der Waals surface area contributed by atoms with Crippen molar-refractivity contribution < 1.29 is 0 Å². The minimum absolute atomic E-state index is 1.38. The zero-order chi connectivity index (χ0) is 14.7. The SMILES string of the molecule is CCCCCCCCCCCCCCCCCCC[SiH3]. The topological polar surface area (TPSA) is 0 Å². The molecule has 0 atom stereocenters. The molecule has 0 aliphatic heterocycles. The van der Waals surface area contributed by atoms with Crippen molar-refractivity contribution in [1.82, 2.24) is 0 Å². The first-order chi connectivity index (χ1) is 9.91. The fourth-order valence-electron chi connectivity index (χ4n) is 2.97. The largest absolute Gasteiger partial charge is 0.0658 e. The maximum absolute atomic E-state index is 2.30. The number of unbranched alkanes of at least 4 members (excludes halogenated alkanes) is 16. The molecule has 0 spiro atoms. The molecule has 0 aliphatic carbocycles. The molecule has 0 aromatic heterocycles. The number of hydrogen-bond acceptors (Lipinski definition) is 0. The second-order valence-electron chi connectivity index (χ2n) is 6.66. The molecule has 122 valence electrons. The second kappa shape index (κ2) is 19.2. The minimum Gasteiger partial charge on any atom is -0.0658 e. The highest BCUT2D eigenvalue weighted by molar-refractivity contribution is 6.08. The third kappa shape index (κ3) is 18.2. The minimum atomic E-state index is 1.38. The van der Waals surface area contributed by atoms with Crippen LogP contribution in [0.2, 0.25) is 6.04 Å². The lowest BCUT2D eigenvalue weighted by Gasteiger charge is -2.03. The van der Waals surface area contributed by atoms with Crippen LogP contribution >= 0.6 is 0 Å². The summed E-state index contributed by atoms with van der Waals surface area (Å²) in [6.07, 6.45) is 25.2. The molecule has 0 amide bonds. The van der Waals surface area contributed by atoms with E-state index in [4.69, 9.17) is 0 Å². The molecule has 0 rings (SSSR count). The fourth-order valence-corrected chi connectivity index (χ4v) is 3.47. The van der Waals surface area contributed by atoms with E-state index in [1.54, 1.807) is 0 Å². The lowest BCUT2D eigenvalue weighted by Crippen LogP contribution is -1.83. The molecule has 0 radical (unpaired) electrons. The molecular weight excluding hydrogens is 256 g/mol. The Hall–Kier alpha value is 0.217. The Labute approximate surface area is 132 Å². The zero-order valence-electron chi connectivity index (χ0n) is 14.7. The van der Waals surface area contributed by atoms with Gasteiger partial charge in [0.25, 0.3) is 0 Å². The number of hydrogen-bond donors (Lipinski definition) is 0. The maximum Gasteiger partial charge on any atom is 0.00279 e. The summed E-state index contributed by atoms with van der Waals surface area (Å²) in [6, 6.07) is 1.51. The Balaban J connectivity index is 2.89. The Bertz CT molecular complexity index is 138. The van der Waals surface area contributed by atoms with Crippen LogP contribution in [0, 0.1) is 0 Å². The first-order valence-corrected chi connectivity index (χ1v) is 11.3. The van der Waals surface area contributed by atoms with Gasteiger partial charge in [0.15, 0.2) is 0 Å². The van der Waals surface area contributed by atoms with Gasteiger partial charge in [0, 0.05) is 10.2 Å². The van der Waals surface area contributed by atoms with Crippen LogP contribution in [0.5, 0.6) is 0 Å². The van der Waals surface area contributed by atoms with Crippen molar-refractivity contribution in [2.24, 2.45) is 0 Å². The molecular formula is C19H42Si. The van der Waals surface area contributed by atoms with E-state index < -0.39 is 0 Å². The van der Waals surface area contributed by atoms with Crippen LogP contribution in [0.15, 0.2) is 0 Å². The summed E-state index contributed by atoms with van der Waals surface area (Å²) in [6.45, 7) is 2.30. The summed E-state index contributed by atoms with van der Waals surface area (Å²) in [5.41, 5.74) is 0. The van der Waals surface area contributed by atoms with Gasteiger partial charge in [0.2, 0.25) is 0 Å². The van der Waals surface area contributed by atoms with E-state index in [0.717, 1.165) is 0 Å². The van der Waals surface area contributed by atoms with Crippen molar-refractivity contribution in [3.63, 3.8) is 0 Å². The van der Waals surface area contributed by atoms with Gasteiger partial charge in [-0.3, -0.25) is 0 Å². The first-order valence-electron chi connectivity index (χ1n) is 9.91. The van der Waals surface area contributed by atoms with E-state index in [9.17, 15) is 0 Å². The van der Waals surface area contributed by atoms with E-state index in [2.05, 4.69) is 6.92 Å². The molecule has 0 nitrogen and oxygen atoms in total. The normalized spacial score (nSPS) is 11.2. The predicted octanol–water partition coefficient (Wildman–Crippen LogP) is 6.42. The van der Waals surface area contributed by atoms with Crippen molar-refractivity contribution in [2.45, 2.75) is 122 Å². The molecule has 0 bridgehead atoms. The number of rotatable bonds is 17. The molecule has 0 fully saturated rings. The molecule has 0 saturated heterocycles. The van der Waals surface area contributed by atoms with Crippen molar-refractivity contribution in [1.29, 1.82) is 0 Å². The van der Waals surface area contributed by atoms with E-state index in [1.165, 1.54) is 125 Å². The van der Waals surface area contributed by atoms with E-state index in [-0.39, 0.29) is 0 Å². The van der Waals surface area contributed by atoms with Crippen molar-refractivity contribution >= 4 is 10.2 Å². The summed E-state index contributed by atoms with van der Waals surface area (Å²) in [5.74, 6) is 0. The molecule has 0 saturated carbocycles. The molecule has 0 unspecified atom stereocenters. The molecule has 0 aliphatic rings. The molecule has 0 heterocycles. The quantitative estimate of drug-likeness (QED) is 0.215. The summed E-state index contributed by atoms with van der Waals surface area (Å²) in [4.78, 5) is 0. The van der Waals surface area contributed by atoms with Gasteiger partial charge < -0.3 is 0 Å². The first kappa shape index (κ1) is 20.2. The molecule has 1 heteroatoms. The fraction of sp³-hybridized carbons (Fsp3) is 1.00. The van der Waals surface area contributed by atoms with Crippen LogP contribution in [-0.4, -0.2) is 10.2 Å². The molecule has 20 heavy (non-hydrogen) atoms. The summed E-state index contributed by atoms with van der Waals surface area (Å²) in [7, 11) is 1.41. The van der Waals surface area contributed by atoms with E-state index in [1.807, 2.05) is 0 Å². The van der Waals surface area contributed by atoms with Gasteiger partial charge in [-0.2, -0.15) is 0 Å². The van der Waals surface area contributed by atoms with Gasteiger partial charge >= 0.3 is 0 Å². The van der Waals surface area contributed by atoms with Gasteiger partial charge in [-0.1, -0.05) is 122 Å². The highest BCUT2D eigenvalue weighted by Gasteiger charge is 1.94. The van der Waals surface area contributed by atoms with Gasteiger partial charge in [0.05, 0.1) is 0 Å². The highest BCUT2D eigenvalue weighted by Crippen LogP contribution is 2.14. The Morgan fingerprint density at radius 1 is 0.400 bits per heavy atom. The van der Waals surface area contributed by atoms with Crippen LogP contribution in [-0.2, 0) is 0 Å². The smallest absolute Gasteiger partial charge is 0.00279 e. The molecule has 0 aromatic rings. The van der Waals surface area contributed by atoms with Gasteiger partial charge in [-0.05, 0) is 0 Å². The van der Waals surface area contributed by atoms with Crippen LogP contribution in [0.1, 0.15) is 116 Å². The average molecular weight is 299 g/mol. The maximum atomic E-state index is 2.30. The third-order valence-electron chi connectivity index (χ3n) is 4.46. The monoisotopic (exact) mass is 298 g/mol. The van der Waals surface area contributed by atoms with Gasteiger partial charge in [-0.15, -0.1) is 0 Å². The second-order valence-corrected chi connectivity index (χ2v) is 7.66. The van der Waals surface area contributed by atoms with Crippen LogP contribution in [0.3, 0.4) is 0 Å². The lowest BCUT2D eigenvalue weighted by atomic mass is 10.0. The van der Waals surface area contributed by atoms with Crippen LogP contribution in [0.4, 0.5) is 0 Å². The Kier molecular flexibility index (Phi) is 19.4. The van der Waals surface area contributed by atoms with Crippen molar-refractivity contribution in [3.8, 4) is 0 Å². The molecule has 0 aromatic carbocycles. The predicted molar refractivity (Wildman–Crippen MR) is 98.9 cm³/mol. The van der Waals surface area contributed by atoms with Gasteiger partial charge in [0.1, 0.15) is 0 Å². The van der Waals surface area contributed by atoms with E-state index >= 15 is 0 Å². The third-order valence-corrected chi connectivity index (χ3v) is 5.16. The van der Waals surface area contributed by atoms with Crippen molar-refractivity contribution in [2.75, 3.05) is 0 Å². The summed E-state index contributed by atoms with van der Waals surface area (Å²) < 4.78 is 0. The van der Waals surface area contributed by atoms with E-state index in [0.29, 0.717) is 0 Å². The average Bonchev–Trinajstić information content (AvgIpc) is 2.47. The lowest BCUT2D eigenvalue weighted by molar-refractivity contribution is 0.529. The highest BCUT2D eigenvalue weighted by atomic mass is 28.1. The summed E-state index contributed by atoms with van der Waals surface area (Å²) >= 11 is 0. The summed E-state index contributed by atoms with van der Waals surface area (Å²) in [5, 5.41) is 0. The zero-order valence-corrected chi connectivity index (χ0v) is 16.7. The van der Waals surface area contributed by atoms with Gasteiger partial charge in [-0.25, -0.2) is 0 Å². The Morgan fingerprint density at radius 3 is 0.900 bits per heavy atom. The Morgan fingerprint density at radius 2 is 0.650 bits per heavy atom. The standard InChI is InChI=1S/C19H42Si/c1-2-3-4-5-6-7-8-9-10-11-12-13-14-15-16-17-18-19-20/h2-19H2,1,20H3. The van der Waals surface area contributed by atoms with Crippen LogP contribution in [0.25, 0.3) is 0 Å². The van der Waals surface area contributed by atoms with Crippen molar-refractivity contribution in [3.05, 3.63) is 0 Å². The molecule has 0 N–H and O–H groups in total. The van der Waals surface area contributed by atoms with Crippen LogP contribution < -0.4 is 0 Å².